The van der Waals surface area contributed by atoms with Gasteiger partial charge in [-0.05, 0) is 36.6 Å². The van der Waals surface area contributed by atoms with Gasteiger partial charge in [0.1, 0.15) is 0 Å². The van der Waals surface area contributed by atoms with Gasteiger partial charge in [-0.1, -0.05) is 32.0 Å². The van der Waals surface area contributed by atoms with Crippen LogP contribution in [0.3, 0.4) is 0 Å². The molecule has 1 aromatic rings. The Bertz CT molecular complexity index is 348. The number of rotatable bonds is 2. The quantitative estimate of drug-likeness (QED) is 0.713. The zero-order valence-corrected chi connectivity index (χ0v) is 10.2. The average molecular weight is 203 g/mol. The van der Waals surface area contributed by atoms with E-state index in [1.807, 2.05) is 0 Å². The van der Waals surface area contributed by atoms with E-state index in [-0.39, 0.29) is 0 Å². The minimum Gasteiger partial charge on any atom is -0.305 e. The highest BCUT2D eigenvalue weighted by atomic mass is 15.2. The molecule has 0 spiro atoms. The molecule has 15 heavy (non-hydrogen) atoms. The number of nitrogens with zero attached hydrogens (tertiary/aromatic N) is 1. The van der Waals surface area contributed by atoms with E-state index >= 15 is 0 Å². The van der Waals surface area contributed by atoms with Crippen molar-refractivity contribution >= 4 is 0 Å². The Kier molecular flexibility index (Phi) is 2.83. The lowest BCUT2D eigenvalue weighted by atomic mass is 9.87. The van der Waals surface area contributed by atoms with Crippen LogP contribution in [0.1, 0.15) is 42.4 Å². The molecule has 1 aromatic carbocycles. The van der Waals surface area contributed by atoms with Gasteiger partial charge in [0.25, 0.3) is 0 Å². The molecule has 0 aliphatic carbocycles. The number of hydrogen-bond donors (Lipinski definition) is 0. The lowest BCUT2D eigenvalue weighted by molar-refractivity contribution is 0.189. The summed E-state index contributed by atoms with van der Waals surface area (Å²) < 4.78 is 0. The van der Waals surface area contributed by atoms with Crippen LogP contribution < -0.4 is 0 Å². The lowest BCUT2D eigenvalue weighted by Crippen LogP contribution is -2.41. The van der Waals surface area contributed by atoms with Crippen LogP contribution in [0.15, 0.2) is 18.2 Å². The van der Waals surface area contributed by atoms with Crippen LogP contribution in [0.5, 0.6) is 0 Å². The second-order valence-electron chi connectivity index (χ2n) is 5.19. The van der Waals surface area contributed by atoms with Gasteiger partial charge < -0.3 is 4.90 Å². The second-order valence-corrected chi connectivity index (χ2v) is 5.19. The Hall–Kier alpha value is -0.820. The Labute approximate surface area is 93.1 Å². The second kappa shape index (κ2) is 3.97. The predicted octanol–water partition coefficient (Wildman–Crippen LogP) is 3.15. The van der Waals surface area contributed by atoms with E-state index < -0.39 is 0 Å². The Balaban J connectivity index is 2.23. The van der Waals surface area contributed by atoms with Gasteiger partial charge in [0.15, 0.2) is 0 Å². The maximum atomic E-state index is 2.41. The number of aryl methyl sites for hydroxylation is 1. The van der Waals surface area contributed by atoms with Crippen molar-refractivity contribution in [3.05, 3.63) is 34.9 Å². The average Bonchev–Trinajstić information content (AvgIpc) is 2.14. The summed E-state index contributed by atoms with van der Waals surface area (Å²) in [6.45, 7) is 9.21. The fraction of sp³-hybridized carbons (Fsp3) is 0.571. The van der Waals surface area contributed by atoms with Crippen LogP contribution in [-0.4, -0.2) is 25.0 Å². The molecular formula is C14H21N. The fourth-order valence-corrected chi connectivity index (χ4v) is 2.44. The predicted molar refractivity (Wildman–Crippen MR) is 65.5 cm³/mol. The number of likely N-dealkylation sites (N-methyl/N-ethyl adjacent to an activating group) is 1. The molecule has 0 bridgehead atoms. The van der Waals surface area contributed by atoms with E-state index in [0.29, 0.717) is 5.92 Å². The number of hydrogen-bond acceptors (Lipinski definition) is 1. The van der Waals surface area contributed by atoms with E-state index in [1.54, 1.807) is 0 Å². The smallest absolute Gasteiger partial charge is 0.00934 e. The van der Waals surface area contributed by atoms with Gasteiger partial charge in [-0.2, -0.15) is 0 Å². The van der Waals surface area contributed by atoms with Crippen LogP contribution >= 0.6 is 0 Å². The van der Waals surface area contributed by atoms with Gasteiger partial charge in [0, 0.05) is 19.0 Å². The summed E-state index contributed by atoms with van der Waals surface area (Å²) in [6, 6.07) is 7.00. The molecule has 82 valence electrons. The SMILES string of the molecule is Cc1ccc(C2CN(C)C2)cc1C(C)C. The van der Waals surface area contributed by atoms with Crippen molar-refractivity contribution in [1.82, 2.24) is 4.90 Å². The zero-order chi connectivity index (χ0) is 11.0. The molecular weight excluding hydrogens is 182 g/mol. The van der Waals surface area contributed by atoms with E-state index in [4.69, 9.17) is 0 Å². The first-order valence-corrected chi connectivity index (χ1v) is 5.87. The first kappa shape index (κ1) is 10.7. The molecule has 0 radical (unpaired) electrons. The standard InChI is InChI=1S/C14H21N/c1-10(2)14-7-12(6-5-11(14)3)13-8-15(4)9-13/h5-7,10,13H,8-9H2,1-4H3. The largest absolute Gasteiger partial charge is 0.305 e. The summed E-state index contributed by atoms with van der Waals surface area (Å²) >= 11 is 0. The van der Waals surface area contributed by atoms with Crippen molar-refractivity contribution in [2.45, 2.75) is 32.6 Å². The molecule has 1 aliphatic rings. The molecule has 0 amide bonds. The highest BCUT2D eigenvalue weighted by molar-refractivity contribution is 5.36. The van der Waals surface area contributed by atoms with E-state index in [9.17, 15) is 0 Å². The molecule has 0 aromatic heterocycles. The third-order valence-corrected chi connectivity index (χ3v) is 3.46. The normalized spacial score (nSPS) is 18.2. The van der Waals surface area contributed by atoms with Crippen molar-refractivity contribution in [2.75, 3.05) is 20.1 Å². The van der Waals surface area contributed by atoms with Gasteiger partial charge >= 0.3 is 0 Å². The first-order chi connectivity index (χ1) is 7.08. The molecule has 1 heterocycles. The van der Waals surface area contributed by atoms with Crippen molar-refractivity contribution in [3.8, 4) is 0 Å². The van der Waals surface area contributed by atoms with Gasteiger partial charge in [-0.25, -0.2) is 0 Å². The van der Waals surface area contributed by atoms with Crippen molar-refractivity contribution in [2.24, 2.45) is 0 Å². The van der Waals surface area contributed by atoms with Crippen LogP contribution in [0, 0.1) is 6.92 Å². The maximum absolute atomic E-state index is 2.41. The van der Waals surface area contributed by atoms with E-state index in [2.05, 4.69) is 50.9 Å². The third-order valence-electron chi connectivity index (χ3n) is 3.46. The topological polar surface area (TPSA) is 3.24 Å². The Morgan fingerprint density at radius 3 is 2.47 bits per heavy atom. The monoisotopic (exact) mass is 203 g/mol. The summed E-state index contributed by atoms with van der Waals surface area (Å²) in [5, 5.41) is 0. The highest BCUT2D eigenvalue weighted by Crippen LogP contribution is 2.29. The van der Waals surface area contributed by atoms with Gasteiger partial charge in [-0.3, -0.25) is 0 Å². The maximum Gasteiger partial charge on any atom is 0.00934 e. The molecule has 0 atom stereocenters. The molecule has 0 unspecified atom stereocenters. The minimum absolute atomic E-state index is 0.641. The van der Waals surface area contributed by atoms with Crippen LogP contribution in [0.2, 0.25) is 0 Å². The van der Waals surface area contributed by atoms with Gasteiger partial charge in [0.05, 0.1) is 0 Å². The van der Waals surface area contributed by atoms with Crippen molar-refractivity contribution in [3.63, 3.8) is 0 Å². The van der Waals surface area contributed by atoms with Gasteiger partial charge in [-0.15, -0.1) is 0 Å². The minimum atomic E-state index is 0.641. The van der Waals surface area contributed by atoms with Crippen LogP contribution in [0.4, 0.5) is 0 Å². The summed E-state index contributed by atoms with van der Waals surface area (Å²) in [7, 11) is 2.19. The van der Waals surface area contributed by atoms with Crippen LogP contribution in [-0.2, 0) is 0 Å². The molecule has 1 fully saturated rings. The molecule has 0 saturated carbocycles. The number of likely N-dealkylation sites (tertiary alicyclic amines) is 1. The van der Waals surface area contributed by atoms with Crippen LogP contribution in [0.25, 0.3) is 0 Å². The first-order valence-electron chi connectivity index (χ1n) is 5.87. The Morgan fingerprint density at radius 2 is 1.93 bits per heavy atom. The molecule has 1 aliphatic heterocycles. The van der Waals surface area contributed by atoms with Crippen molar-refractivity contribution < 1.29 is 0 Å². The summed E-state index contributed by atoms with van der Waals surface area (Å²) in [4.78, 5) is 2.37. The lowest BCUT2D eigenvalue weighted by Gasteiger charge is -2.37. The third kappa shape index (κ3) is 2.07. The van der Waals surface area contributed by atoms with E-state index in [1.165, 1.54) is 29.8 Å². The Morgan fingerprint density at radius 1 is 1.27 bits per heavy atom. The van der Waals surface area contributed by atoms with Crippen molar-refractivity contribution in [1.29, 1.82) is 0 Å². The number of benzene rings is 1. The highest BCUT2D eigenvalue weighted by Gasteiger charge is 2.25. The zero-order valence-electron chi connectivity index (χ0n) is 10.2. The van der Waals surface area contributed by atoms with E-state index in [0.717, 1.165) is 5.92 Å². The molecule has 1 saturated heterocycles. The molecule has 0 N–H and O–H groups in total. The summed E-state index contributed by atoms with van der Waals surface area (Å²) in [6.07, 6.45) is 0. The fourth-order valence-electron chi connectivity index (χ4n) is 2.44. The summed E-state index contributed by atoms with van der Waals surface area (Å²) in [5.74, 6) is 1.41. The molecule has 1 heteroatoms. The molecule has 2 rings (SSSR count). The van der Waals surface area contributed by atoms with Gasteiger partial charge in [0.2, 0.25) is 0 Å². The summed E-state index contributed by atoms with van der Waals surface area (Å²) in [5.41, 5.74) is 4.48. The molecule has 1 nitrogen and oxygen atoms in total.